The van der Waals surface area contributed by atoms with Crippen LogP contribution in [0.1, 0.15) is 47.5 Å². The molecule has 15 heavy (non-hydrogen) atoms. The summed E-state index contributed by atoms with van der Waals surface area (Å²) in [5.41, 5.74) is -0.121. The second kappa shape index (κ2) is 4.73. The minimum atomic E-state index is -4.03. The van der Waals surface area contributed by atoms with Gasteiger partial charge in [-0.1, -0.05) is 20.8 Å². The molecule has 0 aliphatic carbocycles. The van der Waals surface area contributed by atoms with Crippen LogP contribution in [0.4, 0.5) is 13.2 Å². The Labute approximate surface area is 90.4 Å². The van der Waals surface area contributed by atoms with E-state index in [1.807, 2.05) is 13.8 Å². The summed E-state index contributed by atoms with van der Waals surface area (Å²) in [6, 6.07) is 0. The summed E-state index contributed by atoms with van der Waals surface area (Å²) >= 11 is 0. The van der Waals surface area contributed by atoms with E-state index in [-0.39, 0.29) is 17.4 Å². The number of alkyl halides is 3. The van der Waals surface area contributed by atoms with Crippen molar-refractivity contribution in [1.29, 1.82) is 0 Å². The fraction of sp³-hybridized carbons (Fsp3) is 1.00. The molecule has 0 heterocycles. The van der Waals surface area contributed by atoms with Gasteiger partial charge in [0.2, 0.25) is 0 Å². The lowest BCUT2D eigenvalue weighted by molar-refractivity contribution is -0.135. The average molecular weight is 225 g/mol. The van der Waals surface area contributed by atoms with E-state index in [1.165, 1.54) is 0 Å². The number of nitrogens with one attached hydrogen (secondary N) is 1. The lowest BCUT2D eigenvalue weighted by Gasteiger charge is -2.40. The molecular weight excluding hydrogens is 203 g/mol. The first-order valence-corrected chi connectivity index (χ1v) is 5.27. The fourth-order valence-electron chi connectivity index (χ4n) is 0.955. The molecule has 0 saturated carbocycles. The van der Waals surface area contributed by atoms with Gasteiger partial charge in [0, 0.05) is 12.0 Å². The zero-order valence-electron chi connectivity index (χ0n) is 10.3. The van der Waals surface area contributed by atoms with Crippen molar-refractivity contribution in [3.05, 3.63) is 0 Å². The summed E-state index contributed by atoms with van der Waals surface area (Å²) < 4.78 is 35.6. The normalized spacial score (nSPS) is 14.4. The molecule has 0 aliphatic rings. The highest BCUT2D eigenvalue weighted by atomic mass is 19.4. The Balaban J connectivity index is 3.87. The van der Waals surface area contributed by atoms with Crippen molar-refractivity contribution >= 4 is 0 Å². The van der Waals surface area contributed by atoms with Crippen LogP contribution in [0.5, 0.6) is 0 Å². The number of halogens is 3. The number of hydrogen-bond donors (Lipinski definition) is 1. The molecule has 0 saturated heterocycles. The molecule has 4 heteroatoms. The van der Waals surface area contributed by atoms with Gasteiger partial charge in [-0.25, -0.2) is 0 Å². The molecule has 1 nitrogen and oxygen atoms in total. The van der Waals surface area contributed by atoms with E-state index in [9.17, 15) is 13.2 Å². The molecule has 0 fully saturated rings. The lowest BCUT2D eigenvalue weighted by Crippen LogP contribution is -2.50. The molecule has 0 aromatic heterocycles. The number of hydrogen-bond acceptors (Lipinski definition) is 1. The monoisotopic (exact) mass is 225 g/mol. The molecular formula is C11H22F3N. The SMILES string of the molecule is CC(C)(C)C(C)(C)NCCCC(F)(F)F. The highest BCUT2D eigenvalue weighted by Gasteiger charge is 2.32. The van der Waals surface area contributed by atoms with Gasteiger partial charge in [-0.05, 0) is 32.2 Å². The van der Waals surface area contributed by atoms with Crippen LogP contribution in [0, 0.1) is 5.41 Å². The molecule has 92 valence electrons. The molecule has 1 N–H and O–H groups in total. The zero-order chi connectivity index (χ0) is 12.3. The summed E-state index contributed by atoms with van der Waals surface area (Å²) in [7, 11) is 0. The Bertz CT molecular complexity index is 189. The van der Waals surface area contributed by atoms with E-state index in [4.69, 9.17) is 0 Å². The largest absolute Gasteiger partial charge is 0.389 e. The molecule has 0 bridgehead atoms. The number of rotatable bonds is 4. The molecule has 0 aromatic carbocycles. The lowest BCUT2D eigenvalue weighted by atomic mass is 9.76. The van der Waals surface area contributed by atoms with Crippen LogP contribution in [0.3, 0.4) is 0 Å². The van der Waals surface area contributed by atoms with Gasteiger partial charge in [0.15, 0.2) is 0 Å². The van der Waals surface area contributed by atoms with Crippen molar-refractivity contribution < 1.29 is 13.2 Å². The van der Waals surface area contributed by atoms with E-state index in [1.54, 1.807) is 0 Å². The van der Waals surface area contributed by atoms with Gasteiger partial charge in [-0.15, -0.1) is 0 Å². The Morgan fingerprint density at radius 1 is 0.933 bits per heavy atom. The van der Waals surface area contributed by atoms with E-state index >= 15 is 0 Å². The first-order valence-electron chi connectivity index (χ1n) is 5.27. The van der Waals surface area contributed by atoms with E-state index < -0.39 is 12.6 Å². The van der Waals surface area contributed by atoms with E-state index in [0.29, 0.717) is 6.54 Å². The second-order valence-electron chi connectivity index (χ2n) is 5.52. The first kappa shape index (κ1) is 14.8. The van der Waals surface area contributed by atoms with E-state index in [0.717, 1.165) is 0 Å². The summed E-state index contributed by atoms with van der Waals surface area (Å²) in [4.78, 5) is 0. The molecule has 0 rings (SSSR count). The maximum Gasteiger partial charge on any atom is 0.389 e. The van der Waals surface area contributed by atoms with Gasteiger partial charge in [-0.2, -0.15) is 13.2 Å². The average Bonchev–Trinajstić information content (AvgIpc) is 1.94. The van der Waals surface area contributed by atoms with Crippen LogP contribution >= 0.6 is 0 Å². The van der Waals surface area contributed by atoms with Crippen molar-refractivity contribution in [3.8, 4) is 0 Å². The molecule has 0 amide bonds. The van der Waals surface area contributed by atoms with Crippen LogP contribution in [0.2, 0.25) is 0 Å². The van der Waals surface area contributed by atoms with Crippen molar-refractivity contribution in [1.82, 2.24) is 5.32 Å². The van der Waals surface area contributed by atoms with E-state index in [2.05, 4.69) is 26.1 Å². The van der Waals surface area contributed by atoms with Gasteiger partial charge < -0.3 is 5.32 Å². The summed E-state index contributed by atoms with van der Waals surface area (Å²) in [6.07, 6.45) is -4.60. The molecule has 0 aliphatic heterocycles. The Hall–Kier alpha value is -0.250. The third kappa shape index (κ3) is 6.03. The van der Waals surface area contributed by atoms with Crippen LogP contribution in [-0.2, 0) is 0 Å². The van der Waals surface area contributed by atoms with Gasteiger partial charge >= 0.3 is 6.18 Å². The van der Waals surface area contributed by atoms with Gasteiger partial charge in [0.25, 0.3) is 0 Å². The van der Waals surface area contributed by atoms with Crippen molar-refractivity contribution in [2.24, 2.45) is 5.41 Å². The molecule has 0 unspecified atom stereocenters. The summed E-state index contributed by atoms with van der Waals surface area (Å²) in [5.74, 6) is 0. The molecule has 0 radical (unpaired) electrons. The highest BCUT2D eigenvalue weighted by Crippen LogP contribution is 2.29. The van der Waals surface area contributed by atoms with Crippen LogP contribution in [0.25, 0.3) is 0 Å². The van der Waals surface area contributed by atoms with Crippen LogP contribution in [-0.4, -0.2) is 18.3 Å². The third-order valence-electron chi connectivity index (χ3n) is 3.08. The minimum absolute atomic E-state index is 0.0330. The Morgan fingerprint density at radius 2 is 1.40 bits per heavy atom. The summed E-state index contributed by atoms with van der Waals surface area (Å²) in [6.45, 7) is 10.7. The highest BCUT2D eigenvalue weighted by molar-refractivity contribution is 4.89. The predicted molar refractivity (Wildman–Crippen MR) is 56.8 cm³/mol. The minimum Gasteiger partial charge on any atom is -0.311 e. The Kier molecular flexibility index (Phi) is 4.65. The molecule has 0 aromatic rings. The van der Waals surface area contributed by atoms with Crippen LogP contribution < -0.4 is 5.32 Å². The molecule has 0 atom stereocenters. The van der Waals surface area contributed by atoms with Gasteiger partial charge in [0.05, 0.1) is 0 Å². The summed E-state index contributed by atoms with van der Waals surface area (Å²) in [5, 5.41) is 3.17. The maximum atomic E-state index is 11.9. The zero-order valence-corrected chi connectivity index (χ0v) is 10.3. The van der Waals surface area contributed by atoms with Gasteiger partial charge in [-0.3, -0.25) is 0 Å². The Morgan fingerprint density at radius 3 is 1.73 bits per heavy atom. The maximum absolute atomic E-state index is 11.9. The van der Waals surface area contributed by atoms with Crippen molar-refractivity contribution in [2.75, 3.05) is 6.54 Å². The standard InChI is InChI=1S/C11H22F3N/c1-9(2,3)10(4,5)15-8-6-7-11(12,13)14/h15H,6-8H2,1-5H3. The van der Waals surface area contributed by atoms with Gasteiger partial charge in [0.1, 0.15) is 0 Å². The molecule has 0 spiro atoms. The third-order valence-corrected chi connectivity index (χ3v) is 3.08. The first-order chi connectivity index (χ1) is 6.46. The fourth-order valence-corrected chi connectivity index (χ4v) is 0.955. The second-order valence-corrected chi connectivity index (χ2v) is 5.52. The van der Waals surface area contributed by atoms with Crippen molar-refractivity contribution in [3.63, 3.8) is 0 Å². The van der Waals surface area contributed by atoms with Crippen LogP contribution in [0.15, 0.2) is 0 Å². The topological polar surface area (TPSA) is 12.0 Å². The quantitative estimate of drug-likeness (QED) is 0.719. The van der Waals surface area contributed by atoms with Crippen molar-refractivity contribution in [2.45, 2.75) is 59.2 Å². The predicted octanol–water partition coefficient (Wildman–Crippen LogP) is 3.74. The smallest absolute Gasteiger partial charge is 0.311 e.